The standard InChI is InChI=1S/C21H20N4O3/c1-14-12-19(24-23-14)28-18-9-7-16(8-10-18)22-21(27)15-4-2-5-17(13-15)25-11-3-6-20(25)26/h2,4-5,7-10,12-13H,3,6,11H2,1H3,(H,22,27)(H,23,24). The average Bonchev–Trinajstić information content (AvgIpc) is 3.31. The number of rotatable bonds is 5. The number of H-pyrrole nitrogens is 1. The van der Waals surface area contributed by atoms with E-state index in [9.17, 15) is 9.59 Å². The number of nitrogens with one attached hydrogen (secondary N) is 2. The Morgan fingerprint density at radius 2 is 2.00 bits per heavy atom. The molecule has 2 heterocycles. The smallest absolute Gasteiger partial charge is 0.255 e. The highest BCUT2D eigenvalue weighted by molar-refractivity contribution is 6.05. The second kappa shape index (κ2) is 7.56. The lowest BCUT2D eigenvalue weighted by molar-refractivity contribution is -0.117. The highest BCUT2D eigenvalue weighted by Crippen LogP contribution is 2.24. The molecule has 0 aliphatic carbocycles. The van der Waals surface area contributed by atoms with Gasteiger partial charge in [0, 0.05) is 41.7 Å². The number of carbonyl (C=O) groups is 2. The highest BCUT2D eigenvalue weighted by atomic mass is 16.5. The van der Waals surface area contributed by atoms with E-state index in [0.717, 1.165) is 17.8 Å². The maximum absolute atomic E-state index is 12.6. The van der Waals surface area contributed by atoms with E-state index in [0.29, 0.717) is 35.8 Å². The third-order valence-corrected chi connectivity index (χ3v) is 4.51. The molecule has 1 aromatic heterocycles. The van der Waals surface area contributed by atoms with Crippen molar-refractivity contribution in [3.8, 4) is 11.6 Å². The van der Waals surface area contributed by atoms with Crippen molar-refractivity contribution in [1.29, 1.82) is 0 Å². The first kappa shape index (κ1) is 17.8. The molecule has 0 radical (unpaired) electrons. The molecule has 1 fully saturated rings. The number of carbonyl (C=O) groups excluding carboxylic acids is 2. The highest BCUT2D eigenvalue weighted by Gasteiger charge is 2.22. The topological polar surface area (TPSA) is 87.3 Å². The Hall–Kier alpha value is -3.61. The van der Waals surface area contributed by atoms with Crippen LogP contribution < -0.4 is 15.0 Å². The van der Waals surface area contributed by atoms with Crippen LogP contribution in [0.25, 0.3) is 0 Å². The van der Waals surface area contributed by atoms with Crippen LogP contribution in [0.15, 0.2) is 54.6 Å². The zero-order chi connectivity index (χ0) is 19.5. The van der Waals surface area contributed by atoms with E-state index in [1.807, 2.05) is 13.0 Å². The molecule has 3 aromatic rings. The molecule has 7 heteroatoms. The number of aromatic nitrogens is 2. The SMILES string of the molecule is Cc1cc(Oc2ccc(NC(=O)c3cccc(N4CCCC4=O)c3)cc2)n[nH]1. The number of hydrogen-bond donors (Lipinski definition) is 2. The first-order valence-corrected chi connectivity index (χ1v) is 9.10. The number of amides is 2. The molecule has 1 aliphatic rings. The second-order valence-corrected chi connectivity index (χ2v) is 6.67. The van der Waals surface area contributed by atoms with E-state index < -0.39 is 0 Å². The summed E-state index contributed by atoms with van der Waals surface area (Å²) in [5.74, 6) is 0.979. The van der Waals surface area contributed by atoms with Gasteiger partial charge < -0.3 is 15.0 Å². The van der Waals surface area contributed by atoms with Crippen molar-refractivity contribution in [1.82, 2.24) is 10.2 Å². The van der Waals surface area contributed by atoms with Crippen molar-refractivity contribution in [2.45, 2.75) is 19.8 Å². The Labute approximate surface area is 162 Å². The number of anilines is 2. The van der Waals surface area contributed by atoms with Gasteiger partial charge in [-0.15, -0.1) is 5.10 Å². The number of benzene rings is 2. The van der Waals surface area contributed by atoms with Gasteiger partial charge >= 0.3 is 0 Å². The van der Waals surface area contributed by atoms with Gasteiger partial charge in [-0.2, -0.15) is 0 Å². The summed E-state index contributed by atoms with van der Waals surface area (Å²) < 4.78 is 5.63. The van der Waals surface area contributed by atoms with Gasteiger partial charge in [0.2, 0.25) is 11.8 Å². The summed E-state index contributed by atoms with van der Waals surface area (Å²) in [6, 6.07) is 16.0. The van der Waals surface area contributed by atoms with Crippen LogP contribution in [-0.2, 0) is 4.79 Å². The number of ether oxygens (including phenoxy) is 1. The molecule has 2 amide bonds. The van der Waals surface area contributed by atoms with Crippen molar-refractivity contribution in [2.75, 3.05) is 16.8 Å². The van der Waals surface area contributed by atoms with Crippen molar-refractivity contribution in [3.63, 3.8) is 0 Å². The van der Waals surface area contributed by atoms with Crippen LogP contribution in [-0.4, -0.2) is 28.6 Å². The molecule has 2 aromatic carbocycles. The second-order valence-electron chi connectivity index (χ2n) is 6.67. The fourth-order valence-corrected chi connectivity index (χ4v) is 3.11. The first-order chi connectivity index (χ1) is 13.6. The molecule has 0 bridgehead atoms. The maximum Gasteiger partial charge on any atom is 0.255 e. The van der Waals surface area contributed by atoms with Gasteiger partial charge in [0.15, 0.2) is 0 Å². The summed E-state index contributed by atoms with van der Waals surface area (Å²) in [7, 11) is 0. The lowest BCUT2D eigenvalue weighted by atomic mass is 10.1. The monoisotopic (exact) mass is 376 g/mol. The molecule has 0 atom stereocenters. The Balaban J connectivity index is 1.42. The van der Waals surface area contributed by atoms with Crippen LogP contribution in [0.4, 0.5) is 11.4 Å². The third-order valence-electron chi connectivity index (χ3n) is 4.51. The van der Waals surface area contributed by atoms with Crippen molar-refractivity contribution >= 4 is 23.2 Å². The summed E-state index contributed by atoms with van der Waals surface area (Å²) in [6.07, 6.45) is 1.41. The predicted octanol–water partition coefficient (Wildman–Crippen LogP) is 3.89. The molecule has 7 nitrogen and oxygen atoms in total. The average molecular weight is 376 g/mol. The van der Waals surface area contributed by atoms with E-state index in [-0.39, 0.29) is 11.8 Å². The Bertz CT molecular complexity index is 1010. The number of aromatic amines is 1. The minimum atomic E-state index is -0.231. The van der Waals surface area contributed by atoms with Crippen molar-refractivity contribution in [2.24, 2.45) is 0 Å². The van der Waals surface area contributed by atoms with Crippen LogP contribution in [0.5, 0.6) is 11.6 Å². The lowest BCUT2D eigenvalue weighted by Gasteiger charge is -2.16. The van der Waals surface area contributed by atoms with E-state index in [1.54, 1.807) is 53.4 Å². The zero-order valence-corrected chi connectivity index (χ0v) is 15.4. The summed E-state index contributed by atoms with van der Waals surface area (Å²) >= 11 is 0. The van der Waals surface area contributed by atoms with E-state index >= 15 is 0 Å². The normalized spacial score (nSPS) is 13.6. The fourth-order valence-electron chi connectivity index (χ4n) is 3.11. The summed E-state index contributed by atoms with van der Waals surface area (Å²) in [4.78, 5) is 26.2. The summed E-state index contributed by atoms with van der Waals surface area (Å²) in [5.41, 5.74) is 2.83. The van der Waals surface area contributed by atoms with Gasteiger partial charge in [-0.3, -0.25) is 14.7 Å². The fraction of sp³-hybridized carbons (Fsp3) is 0.190. The minimum absolute atomic E-state index is 0.0975. The van der Waals surface area contributed by atoms with E-state index in [4.69, 9.17) is 4.74 Å². The van der Waals surface area contributed by atoms with E-state index in [1.165, 1.54) is 0 Å². The number of nitrogens with zero attached hydrogens (tertiary/aromatic N) is 2. The van der Waals surface area contributed by atoms with Crippen molar-refractivity contribution < 1.29 is 14.3 Å². The Kier molecular flexibility index (Phi) is 4.80. The van der Waals surface area contributed by atoms with Gasteiger partial charge in [0.1, 0.15) is 5.75 Å². The van der Waals surface area contributed by atoms with Gasteiger partial charge in [-0.05, 0) is 55.8 Å². The Morgan fingerprint density at radius 1 is 1.18 bits per heavy atom. The first-order valence-electron chi connectivity index (χ1n) is 9.10. The Morgan fingerprint density at radius 3 is 2.68 bits per heavy atom. The number of aryl methyl sites for hydroxylation is 1. The summed E-state index contributed by atoms with van der Waals surface area (Å²) in [5, 5.41) is 9.70. The van der Waals surface area contributed by atoms with E-state index in [2.05, 4.69) is 15.5 Å². The van der Waals surface area contributed by atoms with Crippen LogP contribution >= 0.6 is 0 Å². The van der Waals surface area contributed by atoms with Crippen LogP contribution in [0.1, 0.15) is 28.9 Å². The molecule has 4 rings (SSSR count). The molecular formula is C21H20N4O3. The van der Waals surface area contributed by atoms with Gasteiger partial charge in [-0.25, -0.2) is 0 Å². The van der Waals surface area contributed by atoms with Crippen LogP contribution in [0.2, 0.25) is 0 Å². The molecule has 0 unspecified atom stereocenters. The van der Waals surface area contributed by atoms with Gasteiger partial charge in [0.25, 0.3) is 5.91 Å². The molecular weight excluding hydrogens is 356 g/mol. The maximum atomic E-state index is 12.6. The molecule has 1 aliphatic heterocycles. The molecule has 0 saturated carbocycles. The van der Waals surface area contributed by atoms with Crippen LogP contribution in [0, 0.1) is 6.92 Å². The van der Waals surface area contributed by atoms with Crippen LogP contribution in [0.3, 0.4) is 0 Å². The van der Waals surface area contributed by atoms with Gasteiger partial charge in [-0.1, -0.05) is 6.07 Å². The molecule has 142 valence electrons. The molecule has 0 spiro atoms. The third kappa shape index (κ3) is 3.88. The predicted molar refractivity (Wildman–Crippen MR) is 106 cm³/mol. The number of hydrogen-bond acceptors (Lipinski definition) is 4. The lowest BCUT2D eigenvalue weighted by Crippen LogP contribution is -2.24. The molecule has 28 heavy (non-hydrogen) atoms. The van der Waals surface area contributed by atoms with Gasteiger partial charge in [0.05, 0.1) is 0 Å². The molecule has 2 N–H and O–H groups in total. The molecule has 1 saturated heterocycles. The van der Waals surface area contributed by atoms with Crippen molar-refractivity contribution in [3.05, 3.63) is 65.9 Å². The largest absolute Gasteiger partial charge is 0.438 e. The quantitative estimate of drug-likeness (QED) is 0.707. The zero-order valence-electron chi connectivity index (χ0n) is 15.4. The minimum Gasteiger partial charge on any atom is -0.438 e. The summed E-state index contributed by atoms with van der Waals surface area (Å²) in [6.45, 7) is 2.59.